The lowest BCUT2D eigenvalue weighted by molar-refractivity contribution is -0.143. The average Bonchev–Trinajstić information content (AvgIpc) is 3.33. The zero-order valence-electron chi connectivity index (χ0n) is 16.5. The van der Waals surface area contributed by atoms with Gasteiger partial charge in [-0.25, -0.2) is 0 Å². The second kappa shape index (κ2) is 6.75. The molecular formula is C23H23N3O4. The van der Waals surface area contributed by atoms with Crippen LogP contribution in [0.25, 0.3) is 0 Å². The first-order valence-electron chi connectivity index (χ1n) is 10.2. The van der Waals surface area contributed by atoms with Crippen LogP contribution < -0.4 is 10.6 Å². The largest absolute Gasteiger partial charge is 0.392 e. The molecule has 0 aliphatic carbocycles. The number of rotatable bonds is 4. The molecule has 2 saturated heterocycles. The van der Waals surface area contributed by atoms with E-state index in [0.717, 1.165) is 5.56 Å². The Labute approximate surface area is 174 Å². The summed E-state index contributed by atoms with van der Waals surface area (Å²) < 4.78 is 0. The van der Waals surface area contributed by atoms with E-state index in [0.29, 0.717) is 17.7 Å². The van der Waals surface area contributed by atoms with Gasteiger partial charge in [-0.1, -0.05) is 48.5 Å². The van der Waals surface area contributed by atoms with Crippen LogP contribution in [0.3, 0.4) is 0 Å². The first-order chi connectivity index (χ1) is 14.4. The fourth-order valence-electron chi connectivity index (χ4n) is 5.27. The van der Waals surface area contributed by atoms with Crippen LogP contribution in [0.4, 0.5) is 5.69 Å². The van der Waals surface area contributed by atoms with Gasteiger partial charge >= 0.3 is 0 Å². The van der Waals surface area contributed by atoms with Gasteiger partial charge in [0, 0.05) is 23.8 Å². The van der Waals surface area contributed by atoms with Crippen molar-refractivity contribution in [3.63, 3.8) is 0 Å². The van der Waals surface area contributed by atoms with Gasteiger partial charge in [-0.05, 0) is 25.0 Å². The van der Waals surface area contributed by atoms with Crippen LogP contribution in [0.5, 0.6) is 0 Å². The number of amides is 3. The summed E-state index contributed by atoms with van der Waals surface area (Å²) in [5.41, 5.74) is 0.957. The maximum absolute atomic E-state index is 13.5. The van der Waals surface area contributed by atoms with Crippen molar-refractivity contribution in [2.45, 2.75) is 31.0 Å². The smallest absolute Gasteiger partial charge is 0.250 e. The fourth-order valence-corrected chi connectivity index (χ4v) is 5.27. The monoisotopic (exact) mass is 405 g/mol. The van der Waals surface area contributed by atoms with Crippen molar-refractivity contribution in [3.8, 4) is 0 Å². The van der Waals surface area contributed by atoms with Crippen molar-refractivity contribution in [1.29, 1.82) is 0 Å². The standard InChI is InChI=1S/C23H23N3O4/c1-13(27)19-17-18(23(25-19)15-9-5-6-10-16(15)24-22(23)30)21(29)26(20(17)28)12-11-14-7-3-2-4-8-14/h2-10,13,17-19,25,27H,11-12H2,1H3,(H,24,30)/t13-,17+,18+,19+,23+/m1/s1. The molecule has 0 unspecified atom stereocenters. The summed E-state index contributed by atoms with van der Waals surface area (Å²) in [6.45, 7) is 1.83. The van der Waals surface area contributed by atoms with Crippen molar-refractivity contribution in [2.75, 3.05) is 11.9 Å². The van der Waals surface area contributed by atoms with Gasteiger partial charge in [0.2, 0.25) is 17.7 Å². The summed E-state index contributed by atoms with van der Waals surface area (Å²) in [6, 6.07) is 16.2. The van der Waals surface area contributed by atoms with Gasteiger partial charge in [0.15, 0.2) is 0 Å². The van der Waals surface area contributed by atoms with Crippen molar-refractivity contribution < 1.29 is 19.5 Å². The van der Waals surface area contributed by atoms with Gasteiger partial charge < -0.3 is 10.4 Å². The summed E-state index contributed by atoms with van der Waals surface area (Å²) in [6.07, 6.45) is -0.358. The second-order valence-electron chi connectivity index (χ2n) is 8.29. The first-order valence-corrected chi connectivity index (χ1v) is 10.2. The molecule has 1 spiro atoms. The summed E-state index contributed by atoms with van der Waals surface area (Å²) in [7, 11) is 0. The SMILES string of the molecule is C[C@@H](O)[C@@H]1N[C@]2(C(=O)Nc3ccccc32)[C@@H]2C(=O)N(CCc3ccccc3)C(=O)[C@H]12. The van der Waals surface area contributed by atoms with E-state index in [-0.39, 0.29) is 24.3 Å². The lowest BCUT2D eigenvalue weighted by Gasteiger charge is -2.30. The molecule has 2 aromatic rings. The Morgan fingerprint density at radius 2 is 1.73 bits per heavy atom. The highest BCUT2D eigenvalue weighted by molar-refractivity contribution is 6.15. The van der Waals surface area contributed by atoms with Crippen molar-refractivity contribution in [2.24, 2.45) is 11.8 Å². The summed E-state index contributed by atoms with van der Waals surface area (Å²) in [5.74, 6) is -2.71. The van der Waals surface area contributed by atoms with Gasteiger partial charge in [0.25, 0.3) is 0 Å². The molecule has 3 amide bonds. The lowest BCUT2D eigenvalue weighted by Crippen LogP contribution is -2.54. The molecule has 2 aromatic carbocycles. The molecule has 2 fully saturated rings. The molecule has 3 aliphatic heterocycles. The molecule has 30 heavy (non-hydrogen) atoms. The molecule has 3 heterocycles. The van der Waals surface area contributed by atoms with E-state index in [9.17, 15) is 19.5 Å². The Morgan fingerprint density at radius 1 is 1.03 bits per heavy atom. The number of likely N-dealkylation sites (tertiary alicyclic amines) is 1. The molecule has 0 radical (unpaired) electrons. The maximum atomic E-state index is 13.5. The van der Waals surface area contributed by atoms with E-state index >= 15 is 0 Å². The number of carbonyl (C=O) groups is 3. The van der Waals surface area contributed by atoms with Gasteiger partial charge in [0.05, 0.1) is 17.9 Å². The van der Waals surface area contributed by atoms with Crippen molar-refractivity contribution >= 4 is 23.4 Å². The third-order valence-electron chi connectivity index (χ3n) is 6.64. The Bertz CT molecular complexity index is 1040. The number of imide groups is 1. The van der Waals surface area contributed by atoms with Crippen LogP contribution in [0.1, 0.15) is 18.1 Å². The Kier molecular flexibility index (Phi) is 4.27. The molecule has 7 heteroatoms. The van der Waals surface area contributed by atoms with Crippen LogP contribution in [-0.2, 0) is 26.3 Å². The summed E-state index contributed by atoms with van der Waals surface area (Å²) >= 11 is 0. The van der Waals surface area contributed by atoms with Gasteiger partial charge in [0.1, 0.15) is 5.54 Å². The van der Waals surface area contributed by atoms with Crippen molar-refractivity contribution in [1.82, 2.24) is 10.2 Å². The van der Waals surface area contributed by atoms with E-state index in [1.807, 2.05) is 42.5 Å². The second-order valence-corrected chi connectivity index (χ2v) is 8.29. The summed E-state index contributed by atoms with van der Waals surface area (Å²) in [4.78, 5) is 41.3. The number of benzene rings is 2. The van der Waals surface area contributed by atoms with E-state index < -0.39 is 29.5 Å². The summed E-state index contributed by atoms with van der Waals surface area (Å²) in [5, 5.41) is 16.4. The molecule has 3 aliphatic rings. The first kappa shape index (κ1) is 19.0. The molecule has 0 bridgehead atoms. The number of fused-ring (bicyclic) bond motifs is 4. The highest BCUT2D eigenvalue weighted by Gasteiger charge is 2.70. The molecule has 0 saturated carbocycles. The van der Waals surface area contributed by atoms with Crippen LogP contribution in [0, 0.1) is 11.8 Å². The number of aliphatic hydroxyl groups is 1. The minimum absolute atomic E-state index is 0.251. The quantitative estimate of drug-likeness (QED) is 0.660. The normalized spacial score (nSPS) is 30.5. The van der Waals surface area contributed by atoms with Crippen molar-refractivity contribution in [3.05, 3.63) is 65.7 Å². The number of hydrogen-bond acceptors (Lipinski definition) is 5. The molecule has 154 valence electrons. The zero-order valence-corrected chi connectivity index (χ0v) is 16.5. The molecule has 7 nitrogen and oxygen atoms in total. The van der Waals surface area contributed by atoms with Crippen LogP contribution in [0.2, 0.25) is 0 Å². The average molecular weight is 405 g/mol. The molecule has 5 atom stereocenters. The van der Waals surface area contributed by atoms with E-state index in [2.05, 4.69) is 10.6 Å². The lowest BCUT2D eigenvalue weighted by atomic mass is 9.76. The van der Waals surface area contributed by atoms with E-state index in [4.69, 9.17) is 0 Å². The molecule has 5 rings (SSSR count). The van der Waals surface area contributed by atoms with Crippen LogP contribution in [-0.4, -0.2) is 46.4 Å². The predicted molar refractivity (Wildman–Crippen MR) is 109 cm³/mol. The third kappa shape index (κ3) is 2.49. The van der Waals surface area contributed by atoms with Gasteiger partial charge in [-0.2, -0.15) is 0 Å². The fraction of sp³-hybridized carbons (Fsp3) is 0.348. The highest BCUT2D eigenvalue weighted by Crippen LogP contribution is 2.53. The Hall–Kier alpha value is -3.03. The predicted octanol–water partition coefficient (Wildman–Crippen LogP) is 1.03. The number of hydrogen-bond donors (Lipinski definition) is 3. The topological polar surface area (TPSA) is 98.7 Å². The number of carbonyl (C=O) groups excluding carboxylic acids is 3. The van der Waals surface area contributed by atoms with Crippen LogP contribution in [0.15, 0.2) is 54.6 Å². The minimum Gasteiger partial charge on any atom is -0.392 e. The number of anilines is 1. The Morgan fingerprint density at radius 3 is 2.47 bits per heavy atom. The number of para-hydroxylation sites is 1. The highest BCUT2D eigenvalue weighted by atomic mass is 16.3. The molecular weight excluding hydrogens is 382 g/mol. The van der Waals surface area contributed by atoms with E-state index in [1.165, 1.54) is 4.90 Å². The Balaban J connectivity index is 1.54. The number of nitrogens with one attached hydrogen (secondary N) is 2. The minimum atomic E-state index is -1.35. The van der Waals surface area contributed by atoms with Gasteiger partial charge in [-0.15, -0.1) is 0 Å². The number of nitrogens with zero attached hydrogens (tertiary/aromatic N) is 1. The maximum Gasteiger partial charge on any atom is 0.250 e. The third-order valence-corrected chi connectivity index (χ3v) is 6.64. The van der Waals surface area contributed by atoms with Gasteiger partial charge in [-0.3, -0.25) is 24.6 Å². The van der Waals surface area contributed by atoms with Crippen LogP contribution >= 0.6 is 0 Å². The zero-order chi connectivity index (χ0) is 21.0. The molecule has 3 N–H and O–H groups in total. The molecule has 0 aromatic heterocycles. The number of aliphatic hydroxyl groups excluding tert-OH is 1. The van der Waals surface area contributed by atoms with E-state index in [1.54, 1.807) is 19.1 Å².